The van der Waals surface area contributed by atoms with Crippen molar-refractivity contribution in [1.82, 2.24) is 0 Å². The summed E-state index contributed by atoms with van der Waals surface area (Å²) in [4.78, 5) is 32.9. The lowest BCUT2D eigenvalue weighted by atomic mass is 9.99. The van der Waals surface area contributed by atoms with E-state index >= 15 is 0 Å². The van der Waals surface area contributed by atoms with E-state index in [4.69, 9.17) is 5.11 Å². The highest BCUT2D eigenvalue weighted by atomic mass is 16.4. The number of aliphatic carboxylic acids is 1. The van der Waals surface area contributed by atoms with Crippen molar-refractivity contribution in [3.05, 3.63) is 35.4 Å². The predicted octanol–water partition coefficient (Wildman–Crippen LogP) is 1.72. The van der Waals surface area contributed by atoms with Gasteiger partial charge in [0.05, 0.1) is 5.92 Å². The number of ketones is 2. The molecule has 0 aliphatic heterocycles. The van der Waals surface area contributed by atoms with Crippen LogP contribution in [0.1, 0.15) is 29.8 Å². The Morgan fingerprint density at radius 3 is 2.12 bits per heavy atom. The first-order valence-corrected chi connectivity index (χ1v) is 5.29. The fourth-order valence-electron chi connectivity index (χ4n) is 1.44. The van der Waals surface area contributed by atoms with Gasteiger partial charge in [-0.3, -0.25) is 14.4 Å². The zero-order valence-corrected chi connectivity index (χ0v) is 9.77. The van der Waals surface area contributed by atoms with Crippen molar-refractivity contribution in [2.45, 2.75) is 20.3 Å². The van der Waals surface area contributed by atoms with E-state index in [-0.39, 0.29) is 0 Å². The number of benzene rings is 1. The summed E-state index contributed by atoms with van der Waals surface area (Å²) >= 11 is 0. The Morgan fingerprint density at radius 2 is 1.71 bits per heavy atom. The Hall–Kier alpha value is -1.97. The topological polar surface area (TPSA) is 71.4 Å². The van der Waals surface area contributed by atoms with Gasteiger partial charge in [0.15, 0.2) is 5.78 Å². The number of Topliss-reactive ketones (excluding diaryl/α,β-unsaturated/α-hetero) is 2. The monoisotopic (exact) mass is 234 g/mol. The number of hydrogen-bond donors (Lipinski definition) is 1. The molecule has 0 saturated carbocycles. The van der Waals surface area contributed by atoms with E-state index in [1.165, 1.54) is 6.92 Å². The molecule has 1 rings (SSSR count). The predicted molar refractivity (Wildman–Crippen MR) is 62.0 cm³/mol. The third-order valence-electron chi connectivity index (χ3n) is 2.50. The van der Waals surface area contributed by atoms with Gasteiger partial charge in [0.25, 0.3) is 0 Å². The van der Waals surface area contributed by atoms with Gasteiger partial charge in [-0.2, -0.15) is 0 Å². The van der Waals surface area contributed by atoms with E-state index in [2.05, 4.69) is 0 Å². The minimum atomic E-state index is -0.853. The van der Waals surface area contributed by atoms with Crippen LogP contribution < -0.4 is 0 Å². The van der Waals surface area contributed by atoms with Crippen molar-refractivity contribution in [3.8, 4) is 0 Å². The molecule has 4 nitrogen and oxygen atoms in total. The molecule has 1 aromatic rings. The summed E-state index contributed by atoms with van der Waals surface area (Å²) in [6.45, 7) is 2.85. The number of carboxylic acids is 1. The average Bonchev–Trinajstić information content (AvgIpc) is 2.28. The van der Waals surface area contributed by atoms with Crippen LogP contribution in [-0.4, -0.2) is 22.6 Å². The molecule has 1 N–H and O–H groups in total. The SMILES string of the molecule is CC(=O)C(=O)c1ccc(C[C@H](C)C(=O)O)cc1. The van der Waals surface area contributed by atoms with Crippen molar-refractivity contribution >= 4 is 17.5 Å². The zero-order valence-electron chi connectivity index (χ0n) is 9.77. The molecule has 90 valence electrons. The maximum Gasteiger partial charge on any atom is 0.306 e. The highest BCUT2D eigenvalue weighted by molar-refractivity contribution is 6.42. The lowest BCUT2D eigenvalue weighted by molar-refractivity contribution is -0.141. The fraction of sp³-hybridized carbons (Fsp3) is 0.308. The highest BCUT2D eigenvalue weighted by Crippen LogP contribution is 2.11. The Morgan fingerprint density at radius 1 is 1.18 bits per heavy atom. The van der Waals surface area contributed by atoms with Gasteiger partial charge in [-0.1, -0.05) is 31.2 Å². The van der Waals surface area contributed by atoms with Gasteiger partial charge < -0.3 is 5.11 Å². The second-order valence-corrected chi connectivity index (χ2v) is 4.03. The van der Waals surface area contributed by atoms with Gasteiger partial charge in [-0.25, -0.2) is 0 Å². The standard InChI is InChI=1S/C13H14O4/c1-8(13(16)17)7-10-3-5-11(6-4-10)12(15)9(2)14/h3-6,8H,7H2,1-2H3,(H,16,17)/t8-/m0/s1. The smallest absolute Gasteiger partial charge is 0.306 e. The summed E-state index contributed by atoms with van der Waals surface area (Å²) in [5, 5.41) is 8.76. The van der Waals surface area contributed by atoms with Crippen LogP contribution in [0.15, 0.2) is 24.3 Å². The molecule has 0 aliphatic carbocycles. The van der Waals surface area contributed by atoms with Gasteiger partial charge in [-0.15, -0.1) is 0 Å². The molecule has 0 aromatic heterocycles. The maximum absolute atomic E-state index is 11.3. The third kappa shape index (κ3) is 3.52. The van der Waals surface area contributed by atoms with Crippen LogP contribution in [0, 0.1) is 5.92 Å². The third-order valence-corrected chi connectivity index (χ3v) is 2.50. The average molecular weight is 234 g/mol. The largest absolute Gasteiger partial charge is 0.481 e. The minimum absolute atomic E-state index is 0.337. The van der Waals surface area contributed by atoms with Gasteiger partial charge in [-0.05, 0) is 12.0 Å². The van der Waals surface area contributed by atoms with Crippen molar-refractivity contribution in [3.63, 3.8) is 0 Å². The first-order valence-electron chi connectivity index (χ1n) is 5.29. The number of carbonyl (C=O) groups excluding carboxylic acids is 2. The molecule has 0 saturated heterocycles. The first kappa shape index (κ1) is 13.1. The van der Waals surface area contributed by atoms with E-state index < -0.39 is 23.5 Å². The van der Waals surface area contributed by atoms with Crippen LogP contribution in [0.2, 0.25) is 0 Å². The molecule has 0 bridgehead atoms. The van der Waals surface area contributed by atoms with Crippen LogP contribution in [-0.2, 0) is 16.0 Å². The lowest BCUT2D eigenvalue weighted by Crippen LogP contribution is -2.13. The van der Waals surface area contributed by atoms with E-state index in [1.54, 1.807) is 31.2 Å². The second-order valence-electron chi connectivity index (χ2n) is 4.03. The molecule has 0 amide bonds. The molecule has 1 aromatic carbocycles. The van der Waals surface area contributed by atoms with Crippen molar-refractivity contribution in [2.24, 2.45) is 5.92 Å². The number of carbonyl (C=O) groups is 3. The molecule has 0 fully saturated rings. The second kappa shape index (κ2) is 5.39. The summed E-state index contributed by atoms with van der Waals surface area (Å²) < 4.78 is 0. The molecule has 17 heavy (non-hydrogen) atoms. The Balaban J connectivity index is 2.78. The van der Waals surface area contributed by atoms with Crippen molar-refractivity contribution in [1.29, 1.82) is 0 Å². The van der Waals surface area contributed by atoms with Gasteiger partial charge in [0.2, 0.25) is 5.78 Å². The fourth-order valence-corrected chi connectivity index (χ4v) is 1.44. The van der Waals surface area contributed by atoms with Crippen LogP contribution in [0.25, 0.3) is 0 Å². The lowest BCUT2D eigenvalue weighted by Gasteiger charge is -2.06. The zero-order chi connectivity index (χ0) is 13.0. The van der Waals surface area contributed by atoms with Crippen LogP contribution >= 0.6 is 0 Å². The highest BCUT2D eigenvalue weighted by Gasteiger charge is 2.13. The summed E-state index contributed by atoms with van der Waals surface area (Å²) in [6.07, 6.45) is 0.407. The van der Waals surface area contributed by atoms with Crippen molar-refractivity contribution in [2.75, 3.05) is 0 Å². The Labute approximate surface area is 99.3 Å². The molecule has 4 heteroatoms. The molecule has 0 radical (unpaired) electrons. The molecular weight excluding hydrogens is 220 g/mol. The quantitative estimate of drug-likeness (QED) is 0.622. The summed E-state index contributed by atoms with van der Waals surface area (Å²) in [5.74, 6) is -2.35. The van der Waals surface area contributed by atoms with Crippen molar-refractivity contribution < 1.29 is 19.5 Å². The molecule has 1 atom stereocenters. The summed E-state index contributed by atoms with van der Waals surface area (Å²) in [5.41, 5.74) is 1.17. The van der Waals surface area contributed by atoms with E-state index in [0.717, 1.165) is 5.56 Å². The first-order chi connectivity index (χ1) is 7.91. The summed E-state index contributed by atoms with van der Waals surface area (Å²) in [6, 6.07) is 6.45. The normalized spacial score (nSPS) is 11.9. The Bertz CT molecular complexity index is 445. The number of hydrogen-bond acceptors (Lipinski definition) is 3. The summed E-state index contributed by atoms with van der Waals surface area (Å²) in [7, 11) is 0. The van der Waals surface area contributed by atoms with Crippen LogP contribution in [0.5, 0.6) is 0 Å². The molecule has 0 heterocycles. The van der Waals surface area contributed by atoms with Gasteiger partial charge in [0, 0.05) is 12.5 Å². The molecular formula is C13H14O4. The van der Waals surface area contributed by atoms with Gasteiger partial charge in [0.1, 0.15) is 0 Å². The molecule has 0 spiro atoms. The number of carboxylic acid groups (broad SMARTS) is 1. The van der Waals surface area contributed by atoms with E-state index in [1.807, 2.05) is 0 Å². The van der Waals surface area contributed by atoms with Crippen LogP contribution in [0.3, 0.4) is 0 Å². The Kier molecular flexibility index (Phi) is 4.15. The van der Waals surface area contributed by atoms with Crippen LogP contribution in [0.4, 0.5) is 0 Å². The number of rotatable bonds is 5. The van der Waals surface area contributed by atoms with E-state index in [9.17, 15) is 14.4 Å². The molecule has 0 aliphatic rings. The maximum atomic E-state index is 11.3. The molecule has 0 unspecified atom stereocenters. The van der Waals surface area contributed by atoms with Gasteiger partial charge >= 0.3 is 5.97 Å². The van der Waals surface area contributed by atoms with E-state index in [0.29, 0.717) is 12.0 Å². The minimum Gasteiger partial charge on any atom is -0.481 e.